The third kappa shape index (κ3) is 4.51. The van der Waals surface area contributed by atoms with Gasteiger partial charge in [0.2, 0.25) is 0 Å². The fraction of sp³-hybridized carbons (Fsp3) is 0.909. The number of carbonyl (C=O) groups is 1. The Kier molecular flexibility index (Phi) is 5.47. The average Bonchev–Trinajstić information content (AvgIpc) is 2.19. The molecule has 4 nitrogen and oxygen atoms in total. The van der Waals surface area contributed by atoms with Crippen LogP contribution < -0.4 is 10.6 Å². The summed E-state index contributed by atoms with van der Waals surface area (Å²) in [4.78, 5) is 11.2. The number of alkyl carbamates (subject to hydrolysis) is 1. The Morgan fingerprint density at radius 2 is 2.07 bits per heavy atom. The van der Waals surface area contributed by atoms with E-state index in [2.05, 4.69) is 17.6 Å². The Bertz CT molecular complexity index is 195. The van der Waals surface area contributed by atoms with Gasteiger partial charge in [0.25, 0.3) is 0 Å². The van der Waals surface area contributed by atoms with Crippen molar-refractivity contribution in [2.24, 2.45) is 0 Å². The van der Waals surface area contributed by atoms with Crippen molar-refractivity contribution in [1.29, 1.82) is 0 Å². The smallest absolute Gasteiger partial charge is 0.407 e. The van der Waals surface area contributed by atoms with Gasteiger partial charge in [0.1, 0.15) is 0 Å². The second-order valence-corrected chi connectivity index (χ2v) is 3.98. The van der Waals surface area contributed by atoms with E-state index in [4.69, 9.17) is 4.74 Å². The van der Waals surface area contributed by atoms with Gasteiger partial charge >= 0.3 is 6.09 Å². The molecular weight excluding hydrogens is 192 g/mol. The molecule has 2 atom stereocenters. The summed E-state index contributed by atoms with van der Waals surface area (Å²) < 4.78 is 4.87. The molecule has 0 bridgehead atoms. The second-order valence-electron chi connectivity index (χ2n) is 3.98. The lowest BCUT2D eigenvalue weighted by Crippen LogP contribution is -2.44. The molecule has 15 heavy (non-hydrogen) atoms. The second kappa shape index (κ2) is 6.67. The number of nitrogens with one attached hydrogen (secondary N) is 2. The van der Waals surface area contributed by atoms with Crippen LogP contribution in [0.25, 0.3) is 0 Å². The van der Waals surface area contributed by atoms with Crippen LogP contribution in [-0.4, -0.2) is 31.3 Å². The van der Waals surface area contributed by atoms with Gasteiger partial charge in [-0.1, -0.05) is 6.92 Å². The highest BCUT2D eigenvalue weighted by Gasteiger charge is 2.22. The minimum atomic E-state index is -0.278. The molecule has 0 aliphatic heterocycles. The first-order valence-corrected chi connectivity index (χ1v) is 5.93. The average molecular weight is 214 g/mol. The maximum Gasteiger partial charge on any atom is 0.407 e. The highest BCUT2D eigenvalue weighted by atomic mass is 16.5. The highest BCUT2D eigenvalue weighted by Crippen LogP contribution is 2.18. The maximum atomic E-state index is 11.2. The molecule has 1 amide bonds. The van der Waals surface area contributed by atoms with Crippen molar-refractivity contribution in [1.82, 2.24) is 10.6 Å². The minimum absolute atomic E-state index is 0.278. The van der Waals surface area contributed by atoms with Gasteiger partial charge in [-0.25, -0.2) is 4.79 Å². The van der Waals surface area contributed by atoms with Crippen molar-refractivity contribution in [3.8, 4) is 0 Å². The maximum absolute atomic E-state index is 11.2. The third-order valence-electron chi connectivity index (χ3n) is 2.76. The summed E-state index contributed by atoms with van der Waals surface area (Å²) in [6.45, 7) is 5.37. The van der Waals surface area contributed by atoms with Gasteiger partial charge in [0, 0.05) is 12.1 Å². The van der Waals surface area contributed by atoms with Crippen LogP contribution in [-0.2, 0) is 4.74 Å². The zero-order valence-electron chi connectivity index (χ0n) is 9.71. The predicted molar refractivity (Wildman–Crippen MR) is 59.9 cm³/mol. The predicted octanol–water partition coefficient (Wildman–Crippen LogP) is 1.65. The Morgan fingerprint density at radius 1 is 1.33 bits per heavy atom. The number of ether oxygens (including phenoxy) is 1. The van der Waals surface area contributed by atoms with Crippen LogP contribution in [0.1, 0.15) is 39.5 Å². The number of carbonyl (C=O) groups excluding carboxylic acids is 1. The van der Waals surface area contributed by atoms with Crippen molar-refractivity contribution < 1.29 is 9.53 Å². The molecule has 4 heteroatoms. The first kappa shape index (κ1) is 12.3. The van der Waals surface area contributed by atoms with E-state index < -0.39 is 0 Å². The van der Waals surface area contributed by atoms with Gasteiger partial charge in [-0.3, -0.25) is 0 Å². The van der Waals surface area contributed by atoms with E-state index in [0.29, 0.717) is 12.6 Å². The Balaban J connectivity index is 2.26. The summed E-state index contributed by atoms with van der Waals surface area (Å²) in [5, 5.41) is 6.33. The summed E-state index contributed by atoms with van der Waals surface area (Å²) in [6, 6.07) is 0.831. The molecule has 0 aromatic rings. The summed E-state index contributed by atoms with van der Waals surface area (Å²) in [7, 11) is 0. The van der Waals surface area contributed by atoms with E-state index in [1.165, 1.54) is 12.8 Å². The molecule has 1 saturated carbocycles. The van der Waals surface area contributed by atoms with Crippen molar-refractivity contribution in [2.45, 2.75) is 51.6 Å². The highest BCUT2D eigenvalue weighted by molar-refractivity contribution is 5.67. The first-order chi connectivity index (χ1) is 7.26. The van der Waals surface area contributed by atoms with Gasteiger partial charge < -0.3 is 15.4 Å². The molecule has 1 aliphatic carbocycles. The van der Waals surface area contributed by atoms with Crippen LogP contribution in [0.15, 0.2) is 0 Å². The van der Waals surface area contributed by atoms with Gasteiger partial charge in [0.15, 0.2) is 0 Å². The number of hydrogen-bond donors (Lipinski definition) is 2. The molecule has 0 radical (unpaired) electrons. The van der Waals surface area contributed by atoms with Crippen LogP contribution in [0.2, 0.25) is 0 Å². The van der Waals surface area contributed by atoms with Crippen molar-refractivity contribution in [3.05, 3.63) is 0 Å². The molecule has 2 unspecified atom stereocenters. The number of rotatable bonds is 4. The summed E-state index contributed by atoms with van der Waals surface area (Å²) >= 11 is 0. The lowest BCUT2D eigenvalue weighted by Gasteiger charge is -2.29. The number of hydrogen-bond acceptors (Lipinski definition) is 3. The summed E-state index contributed by atoms with van der Waals surface area (Å²) in [6.07, 6.45) is 4.20. The van der Waals surface area contributed by atoms with E-state index in [0.717, 1.165) is 19.4 Å². The molecule has 2 N–H and O–H groups in total. The van der Waals surface area contributed by atoms with E-state index >= 15 is 0 Å². The SMILES string of the molecule is CCNC1CCCC(NC(=O)OCC)C1. The lowest BCUT2D eigenvalue weighted by atomic mass is 9.91. The molecule has 0 saturated heterocycles. The van der Waals surface area contributed by atoms with Gasteiger partial charge in [0.05, 0.1) is 6.61 Å². The quantitative estimate of drug-likeness (QED) is 0.748. The fourth-order valence-electron chi connectivity index (χ4n) is 2.13. The largest absolute Gasteiger partial charge is 0.450 e. The van der Waals surface area contributed by atoms with Crippen LogP contribution in [0.3, 0.4) is 0 Å². The molecule has 0 heterocycles. The van der Waals surface area contributed by atoms with E-state index in [1.807, 2.05) is 6.92 Å². The molecule has 0 aromatic carbocycles. The lowest BCUT2D eigenvalue weighted by molar-refractivity contribution is 0.143. The normalized spacial score (nSPS) is 26.0. The van der Waals surface area contributed by atoms with Crippen molar-refractivity contribution >= 4 is 6.09 Å². The van der Waals surface area contributed by atoms with Gasteiger partial charge in [-0.15, -0.1) is 0 Å². The molecule has 88 valence electrons. The summed E-state index contributed by atoms with van der Waals surface area (Å²) in [5.41, 5.74) is 0. The van der Waals surface area contributed by atoms with Crippen molar-refractivity contribution in [3.63, 3.8) is 0 Å². The van der Waals surface area contributed by atoms with Gasteiger partial charge in [-0.2, -0.15) is 0 Å². The van der Waals surface area contributed by atoms with E-state index in [1.54, 1.807) is 0 Å². The zero-order chi connectivity index (χ0) is 11.1. The molecule has 1 aliphatic rings. The zero-order valence-corrected chi connectivity index (χ0v) is 9.71. The van der Waals surface area contributed by atoms with Crippen molar-refractivity contribution in [2.75, 3.05) is 13.2 Å². The topological polar surface area (TPSA) is 50.4 Å². The fourth-order valence-corrected chi connectivity index (χ4v) is 2.13. The Morgan fingerprint density at radius 3 is 2.73 bits per heavy atom. The van der Waals surface area contributed by atoms with E-state index in [9.17, 15) is 4.79 Å². The van der Waals surface area contributed by atoms with Gasteiger partial charge in [-0.05, 0) is 39.2 Å². The molecule has 1 fully saturated rings. The first-order valence-electron chi connectivity index (χ1n) is 5.93. The molecule has 1 rings (SSSR count). The van der Waals surface area contributed by atoms with Crippen LogP contribution in [0.4, 0.5) is 4.79 Å². The standard InChI is InChI=1S/C11H22N2O2/c1-3-12-9-6-5-7-10(8-9)13-11(14)15-4-2/h9-10,12H,3-8H2,1-2H3,(H,13,14). The van der Waals surface area contributed by atoms with Crippen LogP contribution in [0.5, 0.6) is 0 Å². The summed E-state index contributed by atoms with van der Waals surface area (Å²) in [5.74, 6) is 0. The molecular formula is C11H22N2O2. The Hall–Kier alpha value is -0.770. The third-order valence-corrected chi connectivity index (χ3v) is 2.76. The Labute approximate surface area is 91.8 Å². The number of amides is 1. The van der Waals surface area contributed by atoms with Crippen LogP contribution in [0, 0.1) is 0 Å². The monoisotopic (exact) mass is 214 g/mol. The minimum Gasteiger partial charge on any atom is -0.450 e. The molecule has 0 aromatic heterocycles. The van der Waals surface area contributed by atoms with Crippen LogP contribution >= 0.6 is 0 Å². The van der Waals surface area contributed by atoms with E-state index in [-0.39, 0.29) is 12.1 Å². The molecule has 0 spiro atoms.